The molecule has 0 atom stereocenters. The monoisotopic (exact) mass is 378 g/mol. The fourth-order valence-electron chi connectivity index (χ4n) is 3.35. The van der Waals surface area contributed by atoms with Crippen LogP contribution in [0.3, 0.4) is 0 Å². The van der Waals surface area contributed by atoms with Gasteiger partial charge in [-0.15, -0.1) is 0 Å². The summed E-state index contributed by atoms with van der Waals surface area (Å²) in [6.45, 7) is 4.46. The van der Waals surface area contributed by atoms with E-state index in [1.807, 2.05) is 31.2 Å². The number of nitrogens with zero attached hydrogens (tertiary/aromatic N) is 5. The second-order valence-corrected chi connectivity index (χ2v) is 6.83. The molecule has 1 N–H and O–H groups in total. The first-order valence-corrected chi connectivity index (χ1v) is 9.29. The molecular weight excluding hydrogens is 356 g/mol. The molecule has 1 aromatic heterocycles. The van der Waals surface area contributed by atoms with Gasteiger partial charge in [-0.25, -0.2) is 15.0 Å². The molecule has 1 saturated heterocycles. The Kier molecular flexibility index (Phi) is 4.92. The van der Waals surface area contributed by atoms with Crippen molar-refractivity contribution >= 4 is 23.5 Å². The van der Waals surface area contributed by atoms with Crippen LogP contribution >= 0.6 is 0 Å². The van der Waals surface area contributed by atoms with Gasteiger partial charge in [-0.1, -0.05) is 12.1 Å². The number of aryl methyl sites for hydroxylation is 1. The van der Waals surface area contributed by atoms with Crippen LogP contribution in [0.2, 0.25) is 0 Å². The number of hydrogen-bond donors (Lipinski definition) is 1. The average Bonchev–Trinajstić information content (AvgIpc) is 2.74. The van der Waals surface area contributed by atoms with Crippen molar-refractivity contribution in [3.8, 4) is 0 Å². The Labute approximate surface area is 163 Å². The maximum Gasteiger partial charge on any atom is 0.271 e. The zero-order valence-electron chi connectivity index (χ0n) is 15.7. The van der Waals surface area contributed by atoms with Crippen LogP contribution in [0.1, 0.15) is 12.0 Å². The van der Waals surface area contributed by atoms with E-state index in [9.17, 15) is 9.59 Å². The Morgan fingerprint density at radius 2 is 1.82 bits per heavy atom. The number of rotatable bonds is 3. The van der Waals surface area contributed by atoms with Crippen molar-refractivity contribution in [1.82, 2.24) is 20.3 Å². The SMILES string of the molecule is Cc1cccc(N2NC(C(=O)N3CCN(c4ncccn4)CC3)=CCC2=O)c1. The molecule has 0 bridgehead atoms. The number of carbonyl (C=O) groups is 2. The van der Waals surface area contributed by atoms with Crippen molar-refractivity contribution in [3.05, 3.63) is 60.1 Å². The third kappa shape index (κ3) is 3.66. The predicted octanol–water partition coefficient (Wildman–Crippen LogP) is 1.26. The van der Waals surface area contributed by atoms with E-state index in [1.54, 1.807) is 29.4 Å². The number of amides is 2. The van der Waals surface area contributed by atoms with E-state index in [4.69, 9.17) is 0 Å². The molecule has 0 aliphatic carbocycles. The predicted molar refractivity (Wildman–Crippen MR) is 105 cm³/mol. The van der Waals surface area contributed by atoms with E-state index in [-0.39, 0.29) is 18.2 Å². The van der Waals surface area contributed by atoms with E-state index >= 15 is 0 Å². The molecule has 2 amide bonds. The molecule has 0 radical (unpaired) electrons. The van der Waals surface area contributed by atoms with Gasteiger partial charge in [-0.2, -0.15) is 0 Å². The number of hydrazine groups is 1. The summed E-state index contributed by atoms with van der Waals surface area (Å²) in [6, 6.07) is 9.41. The second kappa shape index (κ2) is 7.67. The molecule has 4 rings (SSSR count). The van der Waals surface area contributed by atoms with E-state index in [0.717, 1.165) is 11.3 Å². The smallest absolute Gasteiger partial charge is 0.271 e. The van der Waals surface area contributed by atoms with Crippen molar-refractivity contribution in [3.63, 3.8) is 0 Å². The zero-order valence-corrected chi connectivity index (χ0v) is 15.7. The highest BCUT2D eigenvalue weighted by atomic mass is 16.2. The fourth-order valence-corrected chi connectivity index (χ4v) is 3.35. The molecule has 1 fully saturated rings. The van der Waals surface area contributed by atoms with E-state index in [0.29, 0.717) is 37.8 Å². The van der Waals surface area contributed by atoms with Crippen LogP contribution in [-0.4, -0.2) is 52.9 Å². The molecule has 2 aliphatic rings. The summed E-state index contributed by atoms with van der Waals surface area (Å²) >= 11 is 0. The zero-order chi connectivity index (χ0) is 19.5. The molecule has 8 heteroatoms. The Balaban J connectivity index is 1.42. The van der Waals surface area contributed by atoms with Crippen molar-refractivity contribution in [1.29, 1.82) is 0 Å². The van der Waals surface area contributed by atoms with Gasteiger partial charge in [0.1, 0.15) is 5.70 Å². The molecule has 1 aromatic carbocycles. The quantitative estimate of drug-likeness (QED) is 0.866. The lowest BCUT2D eigenvalue weighted by Crippen LogP contribution is -2.54. The minimum absolute atomic E-state index is 0.0896. The molecule has 2 aromatic rings. The van der Waals surface area contributed by atoms with Gasteiger partial charge in [0, 0.05) is 45.0 Å². The van der Waals surface area contributed by atoms with Gasteiger partial charge in [0.25, 0.3) is 5.91 Å². The van der Waals surface area contributed by atoms with Gasteiger partial charge >= 0.3 is 0 Å². The van der Waals surface area contributed by atoms with Gasteiger partial charge in [0.05, 0.1) is 5.69 Å². The maximum atomic E-state index is 13.0. The number of aromatic nitrogens is 2. The minimum atomic E-state index is -0.0983. The highest BCUT2D eigenvalue weighted by Crippen LogP contribution is 2.20. The summed E-state index contributed by atoms with van der Waals surface area (Å²) in [5.41, 5.74) is 5.22. The van der Waals surface area contributed by atoms with Gasteiger partial charge in [-0.05, 0) is 36.8 Å². The van der Waals surface area contributed by atoms with Crippen LogP contribution < -0.4 is 15.3 Å². The Bertz CT molecular complexity index is 906. The van der Waals surface area contributed by atoms with E-state index in [2.05, 4.69) is 20.3 Å². The molecular formula is C20H22N6O2. The minimum Gasteiger partial charge on any atom is -0.337 e. The van der Waals surface area contributed by atoms with E-state index in [1.165, 1.54) is 5.01 Å². The summed E-state index contributed by atoms with van der Waals surface area (Å²) in [6.07, 6.45) is 5.30. The first-order chi connectivity index (χ1) is 13.6. The van der Waals surface area contributed by atoms with E-state index < -0.39 is 0 Å². The Morgan fingerprint density at radius 3 is 2.54 bits per heavy atom. The molecule has 3 heterocycles. The first-order valence-electron chi connectivity index (χ1n) is 9.29. The highest BCUT2D eigenvalue weighted by Gasteiger charge is 2.29. The highest BCUT2D eigenvalue weighted by molar-refractivity contribution is 6.01. The van der Waals surface area contributed by atoms with Gasteiger partial charge in [-0.3, -0.25) is 15.0 Å². The number of carbonyl (C=O) groups excluding carboxylic acids is 2. The van der Waals surface area contributed by atoms with Crippen LogP contribution in [0.4, 0.5) is 11.6 Å². The number of anilines is 2. The molecule has 2 aliphatic heterocycles. The molecule has 0 saturated carbocycles. The third-order valence-corrected chi connectivity index (χ3v) is 4.85. The van der Waals surface area contributed by atoms with Gasteiger partial charge < -0.3 is 9.80 Å². The summed E-state index contributed by atoms with van der Waals surface area (Å²) < 4.78 is 0. The largest absolute Gasteiger partial charge is 0.337 e. The van der Waals surface area contributed by atoms with Crippen LogP contribution in [0.15, 0.2) is 54.5 Å². The first kappa shape index (κ1) is 18.0. The number of nitrogens with one attached hydrogen (secondary N) is 1. The number of benzene rings is 1. The Morgan fingerprint density at radius 1 is 1.07 bits per heavy atom. The van der Waals surface area contributed by atoms with Crippen molar-refractivity contribution in [2.24, 2.45) is 0 Å². The summed E-state index contributed by atoms with van der Waals surface area (Å²) in [5, 5.41) is 1.45. The normalized spacial score (nSPS) is 17.2. The van der Waals surface area contributed by atoms with Crippen LogP contribution in [-0.2, 0) is 9.59 Å². The van der Waals surface area contributed by atoms with Crippen LogP contribution in [0.25, 0.3) is 0 Å². The topological polar surface area (TPSA) is 81.7 Å². The summed E-state index contributed by atoms with van der Waals surface area (Å²) in [7, 11) is 0. The molecule has 144 valence electrons. The van der Waals surface area contributed by atoms with Crippen LogP contribution in [0, 0.1) is 6.92 Å². The average molecular weight is 378 g/mol. The van der Waals surface area contributed by atoms with Gasteiger partial charge in [0.15, 0.2) is 0 Å². The maximum absolute atomic E-state index is 13.0. The second-order valence-electron chi connectivity index (χ2n) is 6.83. The van der Waals surface area contributed by atoms with Gasteiger partial charge in [0.2, 0.25) is 11.9 Å². The summed E-state index contributed by atoms with van der Waals surface area (Å²) in [4.78, 5) is 37.7. The lowest BCUT2D eigenvalue weighted by molar-refractivity contribution is -0.128. The third-order valence-electron chi connectivity index (χ3n) is 4.85. The lowest BCUT2D eigenvalue weighted by atomic mass is 10.2. The molecule has 0 spiro atoms. The fraction of sp³-hybridized carbons (Fsp3) is 0.300. The van der Waals surface area contributed by atoms with Crippen molar-refractivity contribution in [2.75, 3.05) is 36.1 Å². The summed E-state index contributed by atoms with van der Waals surface area (Å²) in [5.74, 6) is 0.493. The molecule has 28 heavy (non-hydrogen) atoms. The number of hydrogen-bond acceptors (Lipinski definition) is 6. The molecule has 8 nitrogen and oxygen atoms in total. The van der Waals surface area contributed by atoms with Crippen LogP contribution in [0.5, 0.6) is 0 Å². The van der Waals surface area contributed by atoms with Crippen molar-refractivity contribution < 1.29 is 9.59 Å². The number of piperazine rings is 1. The van der Waals surface area contributed by atoms with Crippen molar-refractivity contribution in [2.45, 2.75) is 13.3 Å². The standard InChI is InChI=1S/C20H22N6O2/c1-15-4-2-5-16(14-15)26-18(27)7-6-17(23-26)19(28)24-10-12-25(13-11-24)20-21-8-3-9-22-20/h2-6,8-9,14,23H,7,10-13H2,1H3. The molecule has 0 unspecified atom stereocenters. The Hall–Kier alpha value is -3.42. The lowest BCUT2D eigenvalue weighted by Gasteiger charge is -2.36.